The lowest BCUT2D eigenvalue weighted by atomic mass is 10.3. The van der Waals surface area contributed by atoms with Crippen LogP contribution in [0.15, 0.2) is 47.6 Å². The molecule has 3 rings (SSSR count). The molecule has 2 aromatic heterocycles. The summed E-state index contributed by atoms with van der Waals surface area (Å²) >= 11 is 5.71. The van der Waals surface area contributed by atoms with Crippen LogP contribution in [0.25, 0.3) is 11.0 Å². The van der Waals surface area contributed by atoms with E-state index in [1.54, 1.807) is 12.1 Å². The van der Waals surface area contributed by atoms with Crippen LogP contribution in [0.4, 0.5) is 11.4 Å². The van der Waals surface area contributed by atoms with Crippen molar-refractivity contribution in [1.29, 1.82) is 0 Å². The minimum atomic E-state index is -3.94. The third-order valence-corrected chi connectivity index (χ3v) is 4.84. The average Bonchev–Trinajstić information content (AvgIpc) is 2.93. The van der Waals surface area contributed by atoms with Gasteiger partial charge in [-0.15, -0.1) is 0 Å². The van der Waals surface area contributed by atoms with Gasteiger partial charge >= 0.3 is 0 Å². The molecular formula is C13H9ClN4O4S. The van der Waals surface area contributed by atoms with E-state index in [9.17, 15) is 18.5 Å². The van der Waals surface area contributed by atoms with Crippen molar-refractivity contribution >= 4 is 44.0 Å². The molecule has 0 aliphatic carbocycles. The number of benzene rings is 1. The first-order chi connectivity index (χ1) is 10.9. The highest BCUT2D eigenvalue weighted by Gasteiger charge is 2.21. The average molecular weight is 353 g/mol. The van der Waals surface area contributed by atoms with Gasteiger partial charge in [-0.05, 0) is 24.3 Å². The molecule has 0 saturated carbocycles. The van der Waals surface area contributed by atoms with E-state index in [1.807, 2.05) is 0 Å². The summed E-state index contributed by atoms with van der Waals surface area (Å²) < 4.78 is 27.3. The number of hydrogen-bond acceptors (Lipinski definition) is 5. The molecule has 0 bridgehead atoms. The molecule has 3 aromatic rings. The van der Waals surface area contributed by atoms with Gasteiger partial charge in [0.1, 0.15) is 15.6 Å². The maximum Gasteiger partial charge on any atom is 0.289 e. The van der Waals surface area contributed by atoms with Crippen LogP contribution >= 0.6 is 11.6 Å². The van der Waals surface area contributed by atoms with E-state index >= 15 is 0 Å². The van der Waals surface area contributed by atoms with E-state index in [-0.39, 0.29) is 21.3 Å². The largest absolute Gasteiger partial charge is 0.345 e. The van der Waals surface area contributed by atoms with Crippen LogP contribution in [0.1, 0.15) is 0 Å². The van der Waals surface area contributed by atoms with Gasteiger partial charge in [0.15, 0.2) is 0 Å². The monoisotopic (exact) mass is 352 g/mol. The van der Waals surface area contributed by atoms with Crippen LogP contribution in [-0.2, 0) is 10.0 Å². The van der Waals surface area contributed by atoms with Crippen molar-refractivity contribution in [1.82, 2.24) is 9.97 Å². The predicted molar refractivity (Wildman–Crippen MR) is 85.0 cm³/mol. The first-order valence-corrected chi connectivity index (χ1v) is 8.13. The van der Waals surface area contributed by atoms with Gasteiger partial charge in [-0.3, -0.25) is 14.8 Å². The molecule has 0 radical (unpaired) electrons. The van der Waals surface area contributed by atoms with Crippen molar-refractivity contribution in [3.05, 3.63) is 57.9 Å². The summed E-state index contributed by atoms with van der Waals surface area (Å²) in [5, 5.41) is 11.2. The molecule has 0 aliphatic rings. The fraction of sp³-hybridized carbons (Fsp3) is 0. The number of aromatic amines is 1. The van der Waals surface area contributed by atoms with Gasteiger partial charge in [0, 0.05) is 23.8 Å². The number of nitrogens with zero attached hydrogens (tertiary/aromatic N) is 2. The Balaban J connectivity index is 2.02. The molecule has 8 nitrogen and oxygen atoms in total. The van der Waals surface area contributed by atoms with E-state index in [4.69, 9.17) is 11.6 Å². The minimum Gasteiger partial charge on any atom is -0.345 e. The number of rotatable bonds is 4. The predicted octanol–water partition coefficient (Wildman–Crippen LogP) is 2.93. The Morgan fingerprint density at radius 3 is 2.83 bits per heavy atom. The number of fused-ring (bicyclic) bond motifs is 1. The Morgan fingerprint density at radius 1 is 1.30 bits per heavy atom. The highest BCUT2D eigenvalue weighted by molar-refractivity contribution is 7.93. The van der Waals surface area contributed by atoms with Crippen molar-refractivity contribution in [3.63, 3.8) is 0 Å². The lowest BCUT2D eigenvalue weighted by Crippen LogP contribution is -2.12. The Bertz CT molecular complexity index is 1020. The number of aromatic nitrogens is 2. The number of hydrogen-bond donors (Lipinski definition) is 2. The van der Waals surface area contributed by atoms with Crippen LogP contribution in [0.5, 0.6) is 0 Å². The Hall–Kier alpha value is -2.65. The van der Waals surface area contributed by atoms with Gasteiger partial charge in [0.05, 0.1) is 10.6 Å². The van der Waals surface area contributed by atoms with Crippen LogP contribution < -0.4 is 4.72 Å². The topological polar surface area (TPSA) is 118 Å². The maximum atomic E-state index is 12.5. The molecule has 118 valence electrons. The van der Waals surface area contributed by atoms with Gasteiger partial charge in [-0.2, -0.15) is 0 Å². The van der Waals surface area contributed by atoms with Gasteiger partial charge < -0.3 is 4.98 Å². The van der Waals surface area contributed by atoms with Crippen molar-refractivity contribution in [3.8, 4) is 0 Å². The zero-order valence-electron chi connectivity index (χ0n) is 11.4. The normalized spacial score (nSPS) is 11.5. The summed E-state index contributed by atoms with van der Waals surface area (Å²) in [6.07, 6.45) is 2.84. The highest BCUT2D eigenvalue weighted by atomic mass is 35.5. The molecule has 0 unspecified atom stereocenters. The van der Waals surface area contributed by atoms with Crippen molar-refractivity contribution in [2.45, 2.75) is 4.90 Å². The number of halogens is 1. The van der Waals surface area contributed by atoms with Gasteiger partial charge in [-0.1, -0.05) is 11.6 Å². The Kier molecular flexibility index (Phi) is 3.66. The van der Waals surface area contributed by atoms with E-state index < -0.39 is 14.9 Å². The summed E-state index contributed by atoms with van der Waals surface area (Å²) in [5.74, 6) is 0. The Labute approximate surface area is 135 Å². The number of sulfonamides is 1. The standard InChI is InChI=1S/C13H9ClN4O4S/c14-10-4-3-8(6-11(10)18(19)20)17-23(21,22)12-7-16-13-9(12)2-1-5-15-13/h1-7,17H,(H,15,16). The first-order valence-electron chi connectivity index (χ1n) is 6.27. The highest BCUT2D eigenvalue weighted by Crippen LogP contribution is 2.29. The number of nitro groups is 1. The molecular weight excluding hydrogens is 344 g/mol. The number of nitro benzene ring substituents is 1. The fourth-order valence-electron chi connectivity index (χ4n) is 2.08. The van der Waals surface area contributed by atoms with E-state index in [0.29, 0.717) is 11.0 Å². The third-order valence-electron chi connectivity index (χ3n) is 3.10. The molecule has 0 saturated heterocycles. The van der Waals surface area contributed by atoms with Crippen LogP contribution in [0.2, 0.25) is 5.02 Å². The van der Waals surface area contributed by atoms with Gasteiger partial charge in [0.25, 0.3) is 15.7 Å². The lowest BCUT2D eigenvalue weighted by Gasteiger charge is -2.07. The minimum absolute atomic E-state index is 0.00166. The molecule has 0 amide bonds. The van der Waals surface area contributed by atoms with Crippen LogP contribution in [-0.4, -0.2) is 23.3 Å². The van der Waals surface area contributed by atoms with Gasteiger partial charge in [0.2, 0.25) is 0 Å². The quantitative estimate of drug-likeness (QED) is 0.552. The molecule has 10 heteroatoms. The second kappa shape index (κ2) is 5.52. The lowest BCUT2D eigenvalue weighted by molar-refractivity contribution is -0.384. The molecule has 0 spiro atoms. The van der Waals surface area contributed by atoms with Crippen molar-refractivity contribution < 1.29 is 13.3 Å². The second-order valence-corrected chi connectivity index (χ2v) is 6.64. The molecule has 2 heterocycles. The second-order valence-electron chi connectivity index (χ2n) is 4.58. The summed E-state index contributed by atoms with van der Waals surface area (Å²) in [6, 6.07) is 6.89. The molecule has 23 heavy (non-hydrogen) atoms. The zero-order chi connectivity index (χ0) is 16.6. The number of pyridine rings is 1. The SMILES string of the molecule is O=[N+]([O-])c1cc(NS(=O)(=O)c2c[nH]c3ncccc23)ccc1Cl. The molecule has 2 N–H and O–H groups in total. The number of nitrogens with one attached hydrogen (secondary N) is 2. The van der Waals surface area contributed by atoms with Crippen molar-refractivity contribution in [2.75, 3.05) is 4.72 Å². The zero-order valence-corrected chi connectivity index (χ0v) is 12.9. The summed E-state index contributed by atoms with van der Waals surface area (Å²) in [5.41, 5.74) is 0.0850. The molecule has 0 aliphatic heterocycles. The maximum absolute atomic E-state index is 12.5. The third kappa shape index (κ3) is 2.83. The van der Waals surface area contributed by atoms with E-state index in [0.717, 1.165) is 6.07 Å². The fourth-order valence-corrected chi connectivity index (χ4v) is 3.48. The van der Waals surface area contributed by atoms with Crippen molar-refractivity contribution in [2.24, 2.45) is 0 Å². The van der Waals surface area contributed by atoms with Gasteiger partial charge in [-0.25, -0.2) is 13.4 Å². The number of anilines is 1. The molecule has 0 fully saturated rings. The molecule has 0 atom stereocenters. The molecule has 1 aromatic carbocycles. The summed E-state index contributed by atoms with van der Waals surface area (Å²) in [7, 11) is -3.94. The van der Waals surface area contributed by atoms with E-state index in [1.165, 1.54) is 24.5 Å². The summed E-state index contributed by atoms with van der Waals surface area (Å²) in [4.78, 5) is 17.0. The summed E-state index contributed by atoms with van der Waals surface area (Å²) in [6.45, 7) is 0. The first kappa shape index (κ1) is 15.3. The van der Waals surface area contributed by atoms with E-state index in [2.05, 4.69) is 14.7 Å². The number of H-pyrrole nitrogens is 1. The Morgan fingerprint density at radius 2 is 2.09 bits per heavy atom. The van der Waals surface area contributed by atoms with Crippen LogP contribution in [0.3, 0.4) is 0 Å². The smallest absolute Gasteiger partial charge is 0.289 e. The van der Waals surface area contributed by atoms with Crippen LogP contribution in [0, 0.1) is 10.1 Å².